The topological polar surface area (TPSA) is 77.5 Å². The van der Waals surface area contributed by atoms with Gasteiger partial charge in [-0.15, -0.1) is 0 Å². The molecule has 29 heavy (non-hydrogen) atoms. The maximum atomic E-state index is 11.6. The Bertz CT molecular complexity index is 795. The van der Waals surface area contributed by atoms with Crippen molar-refractivity contribution in [1.82, 2.24) is 4.90 Å². The third-order valence-corrected chi connectivity index (χ3v) is 4.45. The molecule has 0 aliphatic carbocycles. The van der Waals surface area contributed by atoms with Gasteiger partial charge in [0.1, 0.15) is 18.5 Å². The number of likely N-dealkylation sites (N-methyl/N-ethyl adjacent to an activating group) is 1. The molecule has 0 saturated heterocycles. The molecule has 2 aromatic rings. The Morgan fingerprint density at radius 2 is 1.83 bits per heavy atom. The second-order valence-corrected chi connectivity index (χ2v) is 6.69. The fourth-order valence-corrected chi connectivity index (χ4v) is 2.88. The van der Waals surface area contributed by atoms with E-state index in [2.05, 4.69) is 0 Å². The van der Waals surface area contributed by atoms with Crippen LogP contribution in [0.2, 0.25) is 0 Å². The summed E-state index contributed by atoms with van der Waals surface area (Å²) in [4.78, 5) is 13.6. The van der Waals surface area contributed by atoms with Crippen molar-refractivity contribution in [2.75, 3.05) is 48.1 Å². The van der Waals surface area contributed by atoms with E-state index in [-0.39, 0.29) is 6.61 Å². The zero-order valence-corrected chi connectivity index (χ0v) is 17.4. The number of carbonyl (C=O) groups is 1. The number of carbonyl (C=O) groups excluding carboxylic acids is 1. The van der Waals surface area contributed by atoms with E-state index in [9.17, 15) is 9.90 Å². The van der Waals surface area contributed by atoms with Crippen molar-refractivity contribution in [3.63, 3.8) is 0 Å². The van der Waals surface area contributed by atoms with Gasteiger partial charge < -0.3 is 29.0 Å². The number of ether oxygens (including phenoxy) is 4. The monoisotopic (exact) mass is 403 g/mol. The molecule has 0 aromatic heterocycles. The van der Waals surface area contributed by atoms with Crippen LogP contribution in [0.15, 0.2) is 42.5 Å². The number of hydrogen-bond acceptors (Lipinski definition) is 7. The highest BCUT2D eigenvalue weighted by Crippen LogP contribution is 2.27. The molecule has 0 aliphatic rings. The largest absolute Gasteiger partial charge is 0.493 e. The highest BCUT2D eigenvalue weighted by Gasteiger charge is 2.12. The third-order valence-electron chi connectivity index (χ3n) is 4.45. The molecule has 0 amide bonds. The summed E-state index contributed by atoms with van der Waals surface area (Å²) in [7, 11) is 6.50. The molecule has 0 spiro atoms. The Hall–Kier alpha value is -2.77. The van der Waals surface area contributed by atoms with Crippen molar-refractivity contribution in [2.45, 2.75) is 12.5 Å². The molecular weight excluding hydrogens is 374 g/mol. The number of esters is 1. The fourth-order valence-electron chi connectivity index (χ4n) is 2.88. The van der Waals surface area contributed by atoms with E-state index in [4.69, 9.17) is 18.9 Å². The second kappa shape index (κ2) is 11.3. The van der Waals surface area contributed by atoms with Crippen LogP contribution in [0, 0.1) is 0 Å². The average molecular weight is 403 g/mol. The zero-order chi connectivity index (χ0) is 21.2. The number of rotatable bonds is 11. The van der Waals surface area contributed by atoms with Crippen molar-refractivity contribution in [2.24, 2.45) is 0 Å². The number of benzene rings is 2. The lowest BCUT2D eigenvalue weighted by atomic mass is 10.1. The van der Waals surface area contributed by atoms with Crippen molar-refractivity contribution >= 4 is 5.97 Å². The molecule has 0 bridgehead atoms. The first-order valence-corrected chi connectivity index (χ1v) is 9.35. The van der Waals surface area contributed by atoms with Gasteiger partial charge in [0, 0.05) is 13.1 Å². The molecule has 0 aliphatic heterocycles. The lowest BCUT2D eigenvalue weighted by Crippen LogP contribution is -2.34. The van der Waals surface area contributed by atoms with Crippen LogP contribution in [0.1, 0.15) is 15.9 Å². The first kappa shape index (κ1) is 22.5. The predicted molar refractivity (Wildman–Crippen MR) is 110 cm³/mol. The summed E-state index contributed by atoms with van der Waals surface area (Å²) in [6.45, 7) is 1.36. The summed E-state index contributed by atoms with van der Waals surface area (Å²) in [5.41, 5.74) is 1.53. The normalized spacial score (nSPS) is 11.8. The first-order valence-electron chi connectivity index (χ1n) is 9.35. The fraction of sp³-hybridized carbons (Fsp3) is 0.409. The van der Waals surface area contributed by atoms with Gasteiger partial charge in [-0.05, 0) is 49.4 Å². The predicted octanol–water partition coefficient (Wildman–Crippen LogP) is 2.40. The standard InChI is InChI=1S/C22H29NO6/c1-23(11-10-16-8-9-20(26-2)21(12-16)27-3)14-18(24)15-29-19-7-5-6-17(13-19)22(25)28-4/h5-9,12-13,18,24H,10-11,14-15H2,1-4H3/t18-/m0/s1. The van der Waals surface area contributed by atoms with E-state index in [1.54, 1.807) is 38.5 Å². The smallest absolute Gasteiger partial charge is 0.337 e. The van der Waals surface area contributed by atoms with Crippen molar-refractivity contribution in [1.29, 1.82) is 0 Å². The lowest BCUT2D eigenvalue weighted by molar-refractivity contribution is 0.0599. The summed E-state index contributed by atoms with van der Waals surface area (Å²) in [6.07, 6.45) is 0.151. The molecule has 2 aromatic carbocycles. The molecule has 1 atom stereocenters. The van der Waals surface area contributed by atoms with Gasteiger partial charge in [0.15, 0.2) is 11.5 Å². The number of nitrogens with zero attached hydrogens (tertiary/aromatic N) is 1. The second-order valence-electron chi connectivity index (χ2n) is 6.69. The SMILES string of the molecule is COC(=O)c1cccc(OC[C@@H](O)CN(C)CCc2ccc(OC)c(OC)c2)c1. The van der Waals surface area contributed by atoms with E-state index < -0.39 is 12.1 Å². The summed E-state index contributed by atoms with van der Waals surface area (Å²) in [6, 6.07) is 12.5. The Labute approximate surface area is 171 Å². The summed E-state index contributed by atoms with van der Waals surface area (Å²) in [5.74, 6) is 1.49. The van der Waals surface area contributed by atoms with E-state index in [0.29, 0.717) is 29.4 Å². The molecule has 7 nitrogen and oxygen atoms in total. The van der Waals surface area contributed by atoms with Crippen LogP contribution in [0.3, 0.4) is 0 Å². The Balaban J connectivity index is 1.79. The van der Waals surface area contributed by atoms with Gasteiger partial charge in [-0.25, -0.2) is 4.79 Å². The Morgan fingerprint density at radius 3 is 2.52 bits per heavy atom. The molecule has 2 rings (SSSR count). The zero-order valence-electron chi connectivity index (χ0n) is 17.4. The van der Waals surface area contributed by atoms with Crippen LogP contribution in [-0.4, -0.2) is 70.2 Å². The summed E-state index contributed by atoms with van der Waals surface area (Å²) in [5, 5.41) is 10.3. The molecule has 0 heterocycles. The van der Waals surface area contributed by atoms with Crippen LogP contribution in [0.25, 0.3) is 0 Å². The minimum absolute atomic E-state index is 0.130. The summed E-state index contributed by atoms with van der Waals surface area (Å²) >= 11 is 0. The summed E-state index contributed by atoms with van der Waals surface area (Å²) < 4.78 is 20.9. The maximum absolute atomic E-state index is 11.6. The van der Waals surface area contributed by atoms with E-state index in [1.807, 2.05) is 30.1 Å². The van der Waals surface area contributed by atoms with Crippen molar-refractivity contribution in [3.05, 3.63) is 53.6 Å². The van der Waals surface area contributed by atoms with E-state index >= 15 is 0 Å². The Kier molecular flexibility index (Phi) is 8.76. The Morgan fingerprint density at radius 1 is 1.07 bits per heavy atom. The highest BCUT2D eigenvalue weighted by molar-refractivity contribution is 5.89. The molecule has 1 N–H and O–H groups in total. The highest BCUT2D eigenvalue weighted by atomic mass is 16.5. The number of methoxy groups -OCH3 is 3. The van der Waals surface area contributed by atoms with Gasteiger partial charge in [-0.1, -0.05) is 12.1 Å². The van der Waals surface area contributed by atoms with Crippen LogP contribution < -0.4 is 14.2 Å². The number of aliphatic hydroxyl groups is 1. The first-order chi connectivity index (χ1) is 14.0. The maximum Gasteiger partial charge on any atom is 0.337 e. The van der Waals surface area contributed by atoms with Gasteiger partial charge >= 0.3 is 5.97 Å². The molecular formula is C22H29NO6. The minimum Gasteiger partial charge on any atom is -0.493 e. The van der Waals surface area contributed by atoms with Gasteiger partial charge in [0.05, 0.1) is 26.9 Å². The lowest BCUT2D eigenvalue weighted by Gasteiger charge is -2.21. The molecule has 7 heteroatoms. The van der Waals surface area contributed by atoms with Crippen LogP contribution >= 0.6 is 0 Å². The minimum atomic E-state index is -0.660. The average Bonchev–Trinajstić information content (AvgIpc) is 2.75. The van der Waals surface area contributed by atoms with Crippen LogP contribution in [-0.2, 0) is 11.2 Å². The van der Waals surface area contributed by atoms with Gasteiger partial charge in [-0.2, -0.15) is 0 Å². The quantitative estimate of drug-likeness (QED) is 0.577. The molecule has 158 valence electrons. The van der Waals surface area contributed by atoms with Crippen molar-refractivity contribution in [3.8, 4) is 17.2 Å². The number of aliphatic hydroxyl groups excluding tert-OH is 1. The van der Waals surface area contributed by atoms with Gasteiger partial charge in [0.2, 0.25) is 0 Å². The third kappa shape index (κ3) is 6.96. The van der Waals surface area contributed by atoms with Crippen LogP contribution in [0.5, 0.6) is 17.2 Å². The van der Waals surface area contributed by atoms with Crippen molar-refractivity contribution < 1.29 is 28.8 Å². The molecule has 0 radical (unpaired) electrons. The van der Waals surface area contributed by atoms with Gasteiger partial charge in [0.25, 0.3) is 0 Å². The van der Waals surface area contributed by atoms with E-state index in [0.717, 1.165) is 18.5 Å². The molecule has 0 saturated carbocycles. The molecule has 0 fully saturated rings. The van der Waals surface area contributed by atoms with E-state index in [1.165, 1.54) is 7.11 Å². The molecule has 0 unspecified atom stereocenters. The van der Waals surface area contributed by atoms with Gasteiger partial charge in [-0.3, -0.25) is 0 Å². The number of hydrogen-bond donors (Lipinski definition) is 1. The van der Waals surface area contributed by atoms with Crippen LogP contribution in [0.4, 0.5) is 0 Å².